The van der Waals surface area contributed by atoms with Crippen LogP contribution < -0.4 is 5.32 Å². The van der Waals surface area contributed by atoms with Crippen LogP contribution in [0.25, 0.3) is 0 Å². The molecule has 96 valence electrons. The molecule has 1 N–H and O–H groups in total. The van der Waals surface area contributed by atoms with Gasteiger partial charge in [-0.1, -0.05) is 12.1 Å². The van der Waals surface area contributed by atoms with Gasteiger partial charge in [-0.05, 0) is 36.5 Å². The molecule has 1 aromatic carbocycles. The molecule has 1 amide bonds. The number of carbonyl (C=O) groups is 1. The van der Waals surface area contributed by atoms with Crippen molar-refractivity contribution in [2.75, 3.05) is 5.32 Å². The number of hydrogen-bond donors (Lipinski definition) is 1. The predicted octanol–water partition coefficient (Wildman–Crippen LogP) is 3.35. The molecule has 1 aliphatic carbocycles. The molecule has 2 aromatic rings. The standard InChI is InChI=1S/C15H13FN2O/c16-13-7-14(9-17-8-13)18-15(19)12-5-3-11(4-6-12)10-1-2-10/h3-10H,1-2H2,(H,18,19). The van der Waals surface area contributed by atoms with Gasteiger partial charge < -0.3 is 5.32 Å². The van der Waals surface area contributed by atoms with Crippen LogP contribution in [-0.2, 0) is 0 Å². The number of hydrogen-bond acceptors (Lipinski definition) is 2. The van der Waals surface area contributed by atoms with Crippen molar-refractivity contribution in [3.8, 4) is 0 Å². The first-order chi connectivity index (χ1) is 9.22. The Morgan fingerprint density at radius 3 is 2.58 bits per heavy atom. The van der Waals surface area contributed by atoms with E-state index in [1.165, 1.54) is 30.7 Å². The number of nitrogens with zero attached hydrogens (tertiary/aromatic N) is 1. The number of pyridine rings is 1. The third kappa shape index (κ3) is 2.78. The first-order valence-electron chi connectivity index (χ1n) is 6.24. The summed E-state index contributed by atoms with van der Waals surface area (Å²) in [7, 11) is 0. The van der Waals surface area contributed by atoms with Gasteiger partial charge >= 0.3 is 0 Å². The number of benzene rings is 1. The first-order valence-corrected chi connectivity index (χ1v) is 6.24. The normalized spacial score (nSPS) is 14.2. The SMILES string of the molecule is O=C(Nc1cncc(F)c1)c1ccc(C2CC2)cc1. The predicted molar refractivity (Wildman–Crippen MR) is 70.6 cm³/mol. The van der Waals surface area contributed by atoms with Gasteiger partial charge in [0, 0.05) is 11.6 Å². The minimum absolute atomic E-state index is 0.255. The zero-order valence-corrected chi connectivity index (χ0v) is 10.3. The molecule has 0 radical (unpaired) electrons. The van der Waals surface area contributed by atoms with Crippen LogP contribution in [0.1, 0.15) is 34.7 Å². The van der Waals surface area contributed by atoms with Gasteiger partial charge in [-0.15, -0.1) is 0 Å². The number of amides is 1. The van der Waals surface area contributed by atoms with E-state index in [9.17, 15) is 9.18 Å². The molecule has 0 bridgehead atoms. The van der Waals surface area contributed by atoms with Crippen LogP contribution in [0.4, 0.5) is 10.1 Å². The Morgan fingerprint density at radius 1 is 1.21 bits per heavy atom. The molecule has 19 heavy (non-hydrogen) atoms. The van der Waals surface area contributed by atoms with E-state index in [0.717, 1.165) is 6.20 Å². The highest BCUT2D eigenvalue weighted by Gasteiger charge is 2.23. The van der Waals surface area contributed by atoms with Crippen molar-refractivity contribution in [1.82, 2.24) is 4.98 Å². The fourth-order valence-corrected chi connectivity index (χ4v) is 2.01. The molecule has 0 unspecified atom stereocenters. The van der Waals surface area contributed by atoms with Crippen molar-refractivity contribution in [3.63, 3.8) is 0 Å². The maximum absolute atomic E-state index is 13.0. The maximum atomic E-state index is 13.0. The van der Waals surface area contributed by atoms with Gasteiger partial charge in [0.1, 0.15) is 5.82 Å². The van der Waals surface area contributed by atoms with Crippen LogP contribution in [0.3, 0.4) is 0 Å². The number of halogens is 1. The molecule has 0 spiro atoms. The molecule has 1 saturated carbocycles. The summed E-state index contributed by atoms with van der Waals surface area (Å²) >= 11 is 0. The highest BCUT2D eigenvalue weighted by molar-refractivity contribution is 6.04. The molecule has 1 aromatic heterocycles. The van der Waals surface area contributed by atoms with Crippen LogP contribution in [-0.4, -0.2) is 10.9 Å². The van der Waals surface area contributed by atoms with Crippen molar-refractivity contribution in [3.05, 3.63) is 59.7 Å². The van der Waals surface area contributed by atoms with Crippen molar-refractivity contribution >= 4 is 11.6 Å². The zero-order chi connectivity index (χ0) is 13.2. The van der Waals surface area contributed by atoms with E-state index in [4.69, 9.17) is 0 Å². The number of anilines is 1. The highest BCUT2D eigenvalue weighted by atomic mass is 19.1. The Labute approximate surface area is 110 Å². The molecule has 3 rings (SSSR count). The average Bonchev–Trinajstić information content (AvgIpc) is 3.23. The van der Waals surface area contributed by atoms with E-state index >= 15 is 0 Å². The number of nitrogens with one attached hydrogen (secondary N) is 1. The molecule has 4 heteroatoms. The van der Waals surface area contributed by atoms with E-state index in [1.807, 2.05) is 12.1 Å². The molecular formula is C15H13FN2O. The van der Waals surface area contributed by atoms with E-state index in [1.54, 1.807) is 12.1 Å². The Bertz CT molecular complexity index is 606. The molecule has 1 heterocycles. The maximum Gasteiger partial charge on any atom is 0.255 e. The highest BCUT2D eigenvalue weighted by Crippen LogP contribution is 2.39. The summed E-state index contributed by atoms with van der Waals surface area (Å²) in [6.07, 6.45) is 4.99. The lowest BCUT2D eigenvalue weighted by molar-refractivity contribution is 0.102. The Morgan fingerprint density at radius 2 is 1.95 bits per heavy atom. The molecule has 0 atom stereocenters. The van der Waals surface area contributed by atoms with E-state index in [0.29, 0.717) is 17.2 Å². The second kappa shape index (κ2) is 4.80. The zero-order valence-electron chi connectivity index (χ0n) is 10.3. The quantitative estimate of drug-likeness (QED) is 0.915. The molecule has 1 fully saturated rings. The minimum Gasteiger partial charge on any atom is -0.320 e. The fraction of sp³-hybridized carbons (Fsp3) is 0.200. The molecule has 0 saturated heterocycles. The monoisotopic (exact) mass is 256 g/mol. The van der Waals surface area contributed by atoms with Crippen LogP contribution in [0, 0.1) is 5.82 Å². The smallest absolute Gasteiger partial charge is 0.255 e. The van der Waals surface area contributed by atoms with E-state index in [2.05, 4.69) is 10.3 Å². The summed E-state index contributed by atoms with van der Waals surface area (Å²) in [5.74, 6) is -0.0545. The van der Waals surface area contributed by atoms with Crippen LogP contribution in [0.2, 0.25) is 0 Å². The number of aromatic nitrogens is 1. The summed E-state index contributed by atoms with van der Waals surface area (Å²) in [6, 6.07) is 8.81. The largest absolute Gasteiger partial charge is 0.320 e. The first kappa shape index (κ1) is 11.8. The number of carbonyl (C=O) groups excluding carboxylic acids is 1. The Kier molecular flexibility index (Phi) is 2.99. The van der Waals surface area contributed by atoms with Crippen LogP contribution in [0.15, 0.2) is 42.7 Å². The summed E-state index contributed by atoms with van der Waals surface area (Å²) in [6.45, 7) is 0. The lowest BCUT2D eigenvalue weighted by Crippen LogP contribution is -2.12. The Balaban J connectivity index is 1.72. The molecule has 3 nitrogen and oxygen atoms in total. The van der Waals surface area contributed by atoms with Gasteiger partial charge in [-0.25, -0.2) is 4.39 Å². The van der Waals surface area contributed by atoms with E-state index in [-0.39, 0.29) is 5.91 Å². The second-order valence-electron chi connectivity index (χ2n) is 4.74. The van der Waals surface area contributed by atoms with Crippen molar-refractivity contribution in [2.24, 2.45) is 0 Å². The summed E-state index contributed by atoms with van der Waals surface area (Å²) in [5.41, 5.74) is 2.20. The van der Waals surface area contributed by atoms with Gasteiger partial charge in [-0.3, -0.25) is 9.78 Å². The molecule has 0 aliphatic heterocycles. The van der Waals surface area contributed by atoms with E-state index < -0.39 is 5.82 Å². The third-order valence-corrected chi connectivity index (χ3v) is 3.18. The lowest BCUT2D eigenvalue weighted by atomic mass is 10.1. The molecule has 1 aliphatic rings. The molecular weight excluding hydrogens is 243 g/mol. The third-order valence-electron chi connectivity index (χ3n) is 3.18. The van der Waals surface area contributed by atoms with Crippen molar-refractivity contribution < 1.29 is 9.18 Å². The van der Waals surface area contributed by atoms with Crippen molar-refractivity contribution in [2.45, 2.75) is 18.8 Å². The number of rotatable bonds is 3. The second-order valence-corrected chi connectivity index (χ2v) is 4.74. The van der Waals surface area contributed by atoms with Gasteiger partial charge in [0.05, 0.1) is 18.1 Å². The van der Waals surface area contributed by atoms with Gasteiger partial charge in [0.15, 0.2) is 0 Å². The summed E-state index contributed by atoms with van der Waals surface area (Å²) in [4.78, 5) is 15.6. The van der Waals surface area contributed by atoms with Gasteiger partial charge in [0.2, 0.25) is 0 Å². The average molecular weight is 256 g/mol. The Hall–Kier alpha value is -2.23. The van der Waals surface area contributed by atoms with Crippen LogP contribution >= 0.6 is 0 Å². The summed E-state index contributed by atoms with van der Waals surface area (Å²) < 4.78 is 13.0. The van der Waals surface area contributed by atoms with Gasteiger partial charge in [0.25, 0.3) is 5.91 Å². The van der Waals surface area contributed by atoms with Gasteiger partial charge in [-0.2, -0.15) is 0 Å². The fourth-order valence-electron chi connectivity index (χ4n) is 2.01. The minimum atomic E-state index is -0.470. The van der Waals surface area contributed by atoms with Crippen molar-refractivity contribution in [1.29, 1.82) is 0 Å². The lowest BCUT2D eigenvalue weighted by Gasteiger charge is -2.05. The van der Waals surface area contributed by atoms with Crippen LogP contribution in [0.5, 0.6) is 0 Å². The summed E-state index contributed by atoms with van der Waals surface area (Å²) in [5, 5.41) is 2.62. The topological polar surface area (TPSA) is 42.0 Å².